The maximum Gasteiger partial charge on any atom is 0.315 e. The third-order valence-corrected chi connectivity index (χ3v) is 3.70. The number of hydrogen-bond donors (Lipinski definition) is 3. The number of anilines is 1. The second-order valence-corrected chi connectivity index (χ2v) is 6.46. The maximum absolute atomic E-state index is 12.1. The Morgan fingerprint density at radius 2 is 2.05 bits per heavy atom. The normalized spacial score (nSPS) is 18.5. The number of carbonyl (C=O) groups is 2. The van der Waals surface area contributed by atoms with Crippen molar-refractivity contribution in [2.45, 2.75) is 31.8 Å². The standard InChI is InChI=1S/C15H20ClN3O3/c1-15(2,9-20)18-14(22)17-11-7-13(21)19(8-11)12-5-3-10(16)4-6-12/h3-6,11,20H,7-9H2,1-2H3,(H2,17,18,22)/t11-/m1/s1. The van der Waals surface area contributed by atoms with Gasteiger partial charge in [-0.3, -0.25) is 4.79 Å². The zero-order valence-electron chi connectivity index (χ0n) is 12.6. The van der Waals surface area contributed by atoms with E-state index in [4.69, 9.17) is 16.7 Å². The Morgan fingerprint density at radius 3 is 2.64 bits per heavy atom. The number of amides is 3. The molecule has 1 aliphatic rings. The molecule has 1 aromatic carbocycles. The van der Waals surface area contributed by atoms with E-state index in [-0.39, 0.29) is 25.0 Å². The van der Waals surface area contributed by atoms with Gasteiger partial charge in [0.25, 0.3) is 0 Å². The summed E-state index contributed by atoms with van der Waals surface area (Å²) in [5, 5.41) is 15.2. The number of nitrogens with zero attached hydrogens (tertiary/aromatic N) is 1. The number of urea groups is 1. The number of benzene rings is 1. The Kier molecular flexibility index (Phi) is 4.93. The first kappa shape index (κ1) is 16.6. The average molecular weight is 326 g/mol. The lowest BCUT2D eigenvalue weighted by atomic mass is 10.1. The molecule has 1 saturated heterocycles. The summed E-state index contributed by atoms with van der Waals surface area (Å²) in [5.41, 5.74) is 0.0533. The van der Waals surface area contributed by atoms with Crippen molar-refractivity contribution in [2.24, 2.45) is 0 Å². The third-order valence-electron chi connectivity index (χ3n) is 3.45. The number of nitrogens with one attached hydrogen (secondary N) is 2. The van der Waals surface area contributed by atoms with Crippen LogP contribution in [-0.2, 0) is 4.79 Å². The van der Waals surface area contributed by atoms with Crippen LogP contribution in [0.4, 0.5) is 10.5 Å². The molecule has 1 heterocycles. The lowest BCUT2D eigenvalue weighted by Gasteiger charge is -2.25. The highest BCUT2D eigenvalue weighted by Gasteiger charge is 2.32. The predicted octanol–water partition coefficient (Wildman–Crippen LogP) is 1.52. The maximum atomic E-state index is 12.1. The minimum atomic E-state index is -0.706. The van der Waals surface area contributed by atoms with Crippen molar-refractivity contribution < 1.29 is 14.7 Å². The summed E-state index contributed by atoms with van der Waals surface area (Å²) in [7, 11) is 0. The lowest BCUT2D eigenvalue weighted by Crippen LogP contribution is -2.53. The van der Waals surface area contributed by atoms with Crippen LogP contribution in [0.1, 0.15) is 20.3 Å². The first-order valence-corrected chi connectivity index (χ1v) is 7.44. The Bertz CT molecular complexity index is 560. The topological polar surface area (TPSA) is 81.7 Å². The Balaban J connectivity index is 1.95. The zero-order chi connectivity index (χ0) is 16.3. The first-order valence-electron chi connectivity index (χ1n) is 7.06. The van der Waals surface area contributed by atoms with Crippen molar-refractivity contribution in [1.29, 1.82) is 0 Å². The van der Waals surface area contributed by atoms with Gasteiger partial charge in [-0.15, -0.1) is 0 Å². The zero-order valence-corrected chi connectivity index (χ0v) is 13.4. The number of halogens is 1. The highest BCUT2D eigenvalue weighted by atomic mass is 35.5. The average Bonchev–Trinajstić information content (AvgIpc) is 2.79. The van der Waals surface area contributed by atoms with Gasteiger partial charge in [-0.25, -0.2) is 4.79 Å². The molecular formula is C15H20ClN3O3. The highest BCUT2D eigenvalue weighted by Crippen LogP contribution is 2.23. The van der Waals surface area contributed by atoms with E-state index in [9.17, 15) is 9.59 Å². The van der Waals surface area contributed by atoms with Gasteiger partial charge in [-0.1, -0.05) is 11.6 Å². The highest BCUT2D eigenvalue weighted by molar-refractivity contribution is 6.30. The van der Waals surface area contributed by atoms with Gasteiger partial charge in [0.05, 0.1) is 18.2 Å². The molecule has 1 fully saturated rings. The Hall–Kier alpha value is -1.79. The van der Waals surface area contributed by atoms with Crippen molar-refractivity contribution in [3.63, 3.8) is 0 Å². The van der Waals surface area contributed by atoms with Crippen molar-refractivity contribution in [3.05, 3.63) is 29.3 Å². The summed E-state index contributed by atoms with van der Waals surface area (Å²) < 4.78 is 0. The van der Waals surface area contributed by atoms with E-state index < -0.39 is 11.6 Å². The number of hydrogen-bond acceptors (Lipinski definition) is 3. The van der Waals surface area contributed by atoms with Gasteiger partial charge in [0.2, 0.25) is 5.91 Å². The van der Waals surface area contributed by atoms with Gasteiger partial charge >= 0.3 is 6.03 Å². The van der Waals surface area contributed by atoms with E-state index >= 15 is 0 Å². The fourth-order valence-electron chi connectivity index (χ4n) is 2.24. The van der Waals surface area contributed by atoms with Gasteiger partial charge < -0.3 is 20.6 Å². The van der Waals surface area contributed by atoms with Crippen LogP contribution in [0, 0.1) is 0 Å². The fraction of sp³-hybridized carbons (Fsp3) is 0.467. The Morgan fingerprint density at radius 1 is 1.41 bits per heavy atom. The van der Waals surface area contributed by atoms with Crippen LogP contribution in [0.2, 0.25) is 5.02 Å². The summed E-state index contributed by atoms with van der Waals surface area (Å²) in [4.78, 5) is 25.6. The molecule has 22 heavy (non-hydrogen) atoms. The summed E-state index contributed by atoms with van der Waals surface area (Å²) in [6, 6.07) is 6.34. The number of aliphatic hydroxyl groups excluding tert-OH is 1. The molecule has 0 spiro atoms. The summed E-state index contributed by atoms with van der Waals surface area (Å²) in [6.45, 7) is 3.67. The van der Waals surface area contributed by atoms with Crippen LogP contribution in [0.3, 0.4) is 0 Å². The second kappa shape index (κ2) is 6.54. The molecule has 0 aromatic heterocycles. The molecule has 0 saturated carbocycles. The quantitative estimate of drug-likeness (QED) is 0.785. The monoisotopic (exact) mass is 325 g/mol. The van der Waals surface area contributed by atoms with Crippen LogP contribution >= 0.6 is 11.6 Å². The second-order valence-electron chi connectivity index (χ2n) is 6.02. The van der Waals surface area contributed by atoms with E-state index in [0.717, 1.165) is 5.69 Å². The molecule has 7 heteroatoms. The summed E-state index contributed by atoms with van der Waals surface area (Å²) in [5.74, 6) is -0.0472. The van der Waals surface area contributed by atoms with Gasteiger partial charge in [0.15, 0.2) is 0 Å². The number of aliphatic hydroxyl groups is 1. The van der Waals surface area contributed by atoms with Gasteiger partial charge in [-0.05, 0) is 38.1 Å². The lowest BCUT2D eigenvalue weighted by molar-refractivity contribution is -0.117. The molecule has 3 amide bonds. The van der Waals surface area contributed by atoms with Gasteiger partial charge in [0, 0.05) is 23.7 Å². The van der Waals surface area contributed by atoms with E-state index in [1.165, 1.54) is 0 Å². The van der Waals surface area contributed by atoms with Crippen molar-refractivity contribution in [3.8, 4) is 0 Å². The van der Waals surface area contributed by atoms with Crippen LogP contribution in [0.5, 0.6) is 0 Å². The van der Waals surface area contributed by atoms with Crippen LogP contribution in [-0.4, -0.2) is 41.8 Å². The molecule has 0 aliphatic carbocycles. The molecule has 2 rings (SSSR count). The molecule has 120 valence electrons. The fourth-order valence-corrected chi connectivity index (χ4v) is 2.37. The molecule has 0 unspecified atom stereocenters. The molecular weight excluding hydrogens is 306 g/mol. The number of carbonyl (C=O) groups excluding carboxylic acids is 2. The molecule has 1 aromatic rings. The summed E-state index contributed by atoms with van der Waals surface area (Å²) in [6.07, 6.45) is 0.246. The van der Waals surface area contributed by atoms with Crippen molar-refractivity contribution >= 4 is 29.2 Å². The number of rotatable bonds is 4. The minimum Gasteiger partial charge on any atom is -0.394 e. The molecule has 0 radical (unpaired) electrons. The minimum absolute atomic E-state index is 0.0472. The summed E-state index contributed by atoms with van der Waals surface area (Å²) >= 11 is 5.84. The van der Waals surface area contributed by atoms with Crippen molar-refractivity contribution in [1.82, 2.24) is 10.6 Å². The van der Waals surface area contributed by atoms with Crippen LogP contribution < -0.4 is 15.5 Å². The van der Waals surface area contributed by atoms with E-state index in [2.05, 4.69) is 10.6 Å². The van der Waals surface area contributed by atoms with E-state index in [1.807, 2.05) is 0 Å². The molecule has 1 aliphatic heterocycles. The first-order chi connectivity index (χ1) is 10.3. The SMILES string of the molecule is CC(C)(CO)NC(=O)N[C@@H]1CC(=O)N(c2ccc(Cl)cc2)C1. The van der Waals surface area contributed by atoms with Gasteiger partial charge in [0.1, 0.15) is 0 Å². The Labute approximate surface area is 134 Å². The van der Waals surface area contributed by atoms with Crippen LogP contribution in [0.25, 0.3) is 0 Å². The van der Waals surface area contributed by atoms with Crippen LogP contribution in [0.15, 0.2) is 24.3 Å². The molecule has 6 nitrogen and oxygen atoms in total. The van der Waals surface area contributed by atoms with Crippen molar-refractivity contribution in [2.75, 3.05) is 18.1 Å². The third kappa shape index (κ3) is 4.11. The largest absolute Gasteiger partial charge is 0.394 e. The molecule has 0 bridgehead atoms. The molecule has 3 N–H and O–H groups in total. The van der Waals surface area contributed by atoms with E-state index in [1.54, 1.807) is 43.0 Å². The molecule has 1 atom stereocenters. The predicted molar refractivity (Wildman–Crippen MR) is 85.0 cm³/mol. The smallest absolute Gasteiger partial charge is 0.315 e. The van der Waals surface area contributed by atoms with Gasteiger partial charge in [-0.2, -0.15) is 0 Å². The van der Waals surface area contributed by atoms with E-state index in [0.29, 0.717) is 11.6 Å².